The van der Waals surface area contributed by atoms with E-state index in [4.69, 9.17) is 4.74 Å². The SMILES string of the molecule is CCC/C(I)=C(\OC(C)=O)c1ccccc1. The van der Waals surface area contributed by atoms with E-state index in [1.165, 1.54) is 6.92 Å². The van der Waals surface area contributed by atoms with E-state index in [2.05, 4.69) is 29.5 Å². The highest BCUT2D eigenvalue weighted by atomic mass is 127. The van der Waals surface area contributed by atoms with Crippen LogP contribution in [0.1, 0.15) is 32.3 Å². The van der Waals surface area contributed by atoms with E-state index >= 15 is 0 Å². The molecule has 2 nitrogen and oxygen atoms in total. The van der Waals surface area contributed by atoms with Crippen molar-refractivity contribution in [1.29, 1.82) is 0 Å². The van der Waals surface area contributed by atoms with Crippen LogP contribution < -0.4 is 0 Å². The number of esters is 1. The molecule has 1 rings (SSSR count). The van der Waals surface area contributed by atoms with E-state index in [9.17, 15) is 4.79 Å². The Balaban J connectivity index is 3.05. The fourth-order valence-corrected chi connectivity index (χ4v) is 2.30. The Labute approximate surface area is 110 Å². The van der Waals surface area contributed by atoms with Crippen LogP contribution in [0.5, 0.6) is 0 Å². The second-order valence-corrected chi connectivity index (χ2v) is 4.75. The minimum absolute atomic E-state index is 0.274. The summed E-state index contributed by atoms with van der Waals surface area (Å²) in [6, 6.07) is 9.73. The summed E-state index contributed by atoms with van der Waals surface area (Å²) >= 11 is 2.24. The van der Waals surface area contributed by atoms with Crippen LogP contribution in [0.2, 0.25) is 0 Å². The summed E-state index contributed by atoms with van der Waals surface area (Å²) in [7, 11) is 0. The zero-order chi connectivity index (χ0) is 12.0. The smallest absolute Gasteiger partial charge is 0.308 e. The second kappa shape index (κ2) is 6.68. The number of hydrogen-bond acceptors (Lipinski definition) is 2. The van der Waals surface area contributed by atoms with Crippen LogP contribution >= 0.6 is 22.6 Å². The van der Waals surface area contributed by atoms with Gasteiger partial charge in [0.1, 0.15) is 5.76 Å². The molecule has 0 atom stereocenters. The first kappa shape index (κ1) is 13.2. The maximum atomic E-state index is 11.1. The molecule has 0 saturated carbocycles. The van der Waals surface area contributed by atoms with Crippen molar-refractivity contribution in [2.45, 2.75) is 26.7 Å². The summed E-state index contributed by atoms with van der Waals surface area (Å²) in [5, 5.41) is 0. The molecule has 0 heterocycles. The lowest BCUT2D eigenvalue weighted by Crippen LogP contribution is -2.00. The maximum absolute atomic E-state index is 11.1. The van der Waals surface area contributed by atoms with Gasteiger partial charge in [-0.25, -0.2) is 0 Å². The average molecular weight is 330 g/mol. The van der Waals surface area contributed by atoms with Crippen molar-refractivity contribution in [3.05, 3.63) is 39.5 Å². The van der Waals surface area contributed by atoms with Crippen LogP contribution in [-0.2, 0) is 9.53 Å². The Morgan fingerprint density at radius 1 is 1.31 bits per heavy atom. The third-order valence-corrected chi connectivity index (χ3v) is 3.03. The number of carbonyl (C=O) groups excluding carboxylic acids is 1. The molecule has 0 aliphatic rings. The summed E-state index contributed by atoms with van der Waals surface area (Å²) in [5.74, 6) is 0.416. The molecular weight excluding hydrogens is 315 g/mol. The van der Waals surface area contributed by atoms with Crippen molar-refractivity contribution in [3.8, 4) is 0 Å². The molecule has 0 amide bonds. The van der Waals surface area contributed by atoms with Crippen LogP contribution in [-0.4, -0.2) is 5.97 Å². The summed E-state index contributed by atoms with van der Waals surface area (Å²) in [5.41, 5.74) is 0.954. The van der Waals surface area contributed by atoms with Crippen LogP contribution in [0.4, 0.5) is 0 Å². The topological polar surface area (TPSA) is 26.3 Å². The molecule has 0 N–H and O–H groups in total. The zero-order valence-corrected chi connectivity index (χ0v) is 11.7. The fourth-order valence-electron chi connectivity index (χ4n) is 1.34. The normalized spacial score (nSPS) is 11.9. The van der Waals surface area contributed by atoms with Gasteiger partial charge in [-0.15, -0.1) is 0 Å². The minimum atomic E-state index is -0.274. The quantitative estimate of drug-likeness (QED) is 0.471. The molecular formula is C13H15IO2. The Bertz CT molecular complexity index is 382. The number of ether oxygens (including phenoxy) is 1. The second-order valence-electron chi connectivity index (χ2n) is 3.44. The van der Waals surface area contributed by atoms with Gasteiger partial charge < -0.3 is 4.74 Å². The molecule has 0 saturated heterocycles. The molecule has 1 aromatic rings. The average Bonchev–Trinajstić information content (AvgIpc) is 2.27. The highest BCUT2D eigenvalue weighted by Crippen LogP contribution is 2.27. The number of allylic oxidation sites excluding steroid dienone is 1. The Hall–Kier alpha value is -0.840. The van der Waals surface area contributed by atoms with Crippen molar-refractivity contribution in [2.75, 3.05) is 0 Å². The number of hydrogen-bond donors (Lipinski definition) is 0. The molecule has 0 spiro atoms. The Kier molecular flexibility index (Phi) is 5.52. The zero-order valence-electron chi connectivity index (χ0n) is 9.50. The van der Waals surface area contributed by atoms with Gasteiger partial charge in [0.15, 0.2) is 0 Å². The summed E-state index contributed by atoms with van der Waals surface area (Å²) in [6.07, 6.45) is 1.97. The highest BCUT2D eigenvalue weighted by molar-refractivity contribution is 14.1. The van der Waals surface area contributed by atoms with Gasteiger partial charge in [0, 0.05) is 16.1 Å². The number of benzene rings is 1. The van der Waals surface area contributed by atoms with Crippen molar-refractivity contribution < 1.29 is 9.53 Å². The third kappa shape index (κ3) is 3.96. The van der Waals surface area contributed by atoms with Crippen molar-refractivity contribution in [2.24, 2.45) is 0 Å². The lowest BCUT2D eigenvalue weighted by Gasteiger charge is -2.10. The van der Waals surface area contributed by atoms with Crippen molar-refractivity contribution in [1.82, 2.24) is 0 Å². The Morgan fingerprint density at radius 3 is 2.44 bits per heavy atom. The van der Waals surface area contributed by atoms with Crippen LogP contribution in [0.15, 0.2) is 33.9 Å². The van der Waals surface area contributed by atoms with Gasteiger partial charge in [0.05, 0.1) is 0 Å². The molecule has 0 unspecified atom stereocenters. The first-order chi connectivity index (χ1) is 7.65. The summed E-state index contributed by atoms with van der Waals surface area (Å²) in [4.78, 5) is 11.1. The number of carbonyl (C=O) groups is 1. The third-order valence-electron chi connectivity index (χ3n) is 2.00. The van der Waals surface area contributed by atoms with Gasteiger partial charge in [-0.1, -0.05) is 43.7 Å². The van der Waals surface area contributed by atoms with Gasteiger partial charge in [-0.05, 0) is 29.0 Å². The van der Waals surface area contributed by atoms with E-state index in [1.807, 2.05) is 30.3 Å². The van der Waals surface area contributed by atoms with E-state index < -0.39 is 0 Å². The van der Waals surface area contributed by atoms with Crippen LogP contribution in [0.25, 0.3) is 5.76 Å². The van der Waals surface area contributed by atoms with E-state index in [0.717, 1.165) is 22.0 Å². The molecule has 0 aliphatic heterocycles. The fraction of sp³-hybridized carbons (Fsp3) is 0.308. The van der Waals surface area contributed by atoms with Gasteiger partial charge in [-0.2, -0.15) is 0 Å². The molecule has 0 fully saturated rings. The predicted molar refractivity (Wildman–Crippen MR) is 74.1 cm³/mol. The molecule has 16 heavy (non-hydrogen) atoms. The highest BCUT2D eigenvalue weighted by Gasteiger charge is 2.10. The molecule has 3 heteroatoms. The number of halogens is 1. The van der Waals surface area contributed by atoms with Crippen LogP contribution in [0, 0.1) is 0 Å². The summed E-state index contributed by atoms with van der Waals surface area (Å²) in [6.45, 7) is 3.54. The lowest BCUT2D eigenvalue weighted by atomic mass is 10.1. The first-order valence-electron chi connectivity index (χ1n) is 5.27. The van der Waals surface area contributed by atoms with E-state index in [1.54, 1.807) is 0 Å². The van der Waals surface area contributed by atoms with Gasteiger partial charge in [0.25, 0.3) is 0 Å². The molecule has 0 aliphatic carbocycles. The number of rotatable bonds is 4. The Morgan fingerprint density at radius 2 is 1.94 bits per heavy atom. The van der Waals surface area contributed by atoms with Gasteiger partial charge in [-0.3, -0.25) is 4.79 Å². The lowest BCUT2D eigenvalue weighted by molar-refractivity contribution is -0.134. The molecule has 0 bridgehead atoms. The van der Waals surface area contributed by atoms with Gasteiger partial charge >= 0.3 is 5.97 Å². The molecule has 86 valence electrons. The monoisotopic (exact) mass is 330 g/mol. The molecule has 0 radical (unpaired) electrons. The largest absolute Gasteiger partial charge is 0.425 e. The van der Waals surface area contributed by atoms with Crippen molar-refractivity contribution in [3.63, 3.8) is 0 Å². The van der Waals surface area contributed by atoms with Crippen LogP contribution in [0.3, 0.4) is 0 Å². The molecule has 0 aromatic heterocycles. The standard InChI is InChI=1S/C13H15IO2/c1-3-7-12(14)13(16-10(2)15)11-8-5-4-6-9-11/h4-6,8-9H,3,7H2,1-2H3/b13-12+. The summed E-state index contributed by atoms with van der Waals surface area (Å²) < 4.78 is 6.37. The van der Waals surface area contributed by atoms with Crippen molar-refractivity contribution >= 4 is 34.3 Å². The van der Waals surface area contributed by atoms with E-state index in [-0.39, 0.29) is 5.97 Å². The van der Waals surface area contributed by atoms with Gasteiger partial charge in [0.2, 0.25) is 0 Å². The first-order valence-corrected chi connectivity index (χ1v) is 6.35. The van der Waals surface area contributed by atoms with E-state index in [0.29, 0.717) is 5.76 Å². The molecule has 1 aromatic carbocycles. The predicted octanol–water partition coefficient (Wildman–Crippen LogP) is 4.15. The minimum Gasteiger partial charge on any atom is -0.425 e. The maximum Gasteiger partial charge on any atom is 0.308 e.